The lowest BCUT2D eigenvalue weighted by Crippen LogP contribution is -2.31. The molecule has 9 heteroatoms. The van der Waals surface area contributed by atoms with Crippen LogP contribution in [0.3, 0.4) is 0 Å². The molecule has 2 aromatic rings. The molecule has 0 bridgehead atoms. The van der Waals surface area contributed by atoms with E-state index in [9.17, 15) is 22.8 Å². The van der Waals surface area contributed by atoms with Crippen LogP contribution in [0.4, 0.5) is 0 Å². The maximum absolute atomic E-state index is 12.5. The summed E-state index contributed by atoms with van der Waals surface area (Å²) in [5.41, 5.74) is 1.21. The van der Waals surface area contributed by atoms with Crippen LogP contribution in [0.5, 0.6) is 5.75 Å². The first-order chi connectivity index (χ1) is 13.2. The molecule has 0 aromatic heterocycles. The fourth-order valence-electron chi connectivity index (χ4n) is 2.87. The molecule has 0 radical (unpaired) electrons. The zero-order chi connectivity index (χ0) is 20.5. The van der Waals surface area contributed by atoms with Crippen molar-refractivity contribution in [2.45, 2.75) is 13.3 Å². The summed E-state index contributed by atoms with van der Waals surface area (Å²) in [4.78, 5) is 38.1. The van der Waals surface area contributed by atoms with E-state index in [-0.39, 0.29) is 29.7 Å². The first kappa shape index (κ1) is 19.7. The second-order valence-electron chi connectivity index (χ2n) is 6.37. The van der Waals surface area contributed by atoms with Crippen LogP contribution in [0, 0.1) is 6.92 Å². The fraction of sp³-hybridized carbons (Fsp3) is 0.211. The maximum atomic E-state index is 12.5. The molecule has 0 saturated carbocycles. The van der Waals surface area contributed by atoms with Crippen molar-refractivity contribution in [2.75, 3.05) is 12.3 Å². The normalized spacial score (nSPS) is 13.6. The van der Waals surface area contributed by atoms with Crippen molar-refractivity contribution in [3.8, 4) is 5.75 Å². The van der Waals surface area contributed by atoms with Crippen molar-refractivity contribution in [3.63, 3.8) is 0 Å². The van der Waals surface area contributed by atoms with E-state index in [0.29, 0.717) is 5.75 Å². The lowest BCUT2D eigenvalue weighted by atomic mass is 10.1. The average Bonchev–Trinajstić information content (AvgIpc) is 2.85. The number of benzene rings is 2. The zero-order valence-electron chi connectivity index (χ0n) is 14.9. The van der Waals surface area contributed by atoms with Crippen molar-refractivity contribution >= 4 is 27.9 Å². The molecule has 0 saturated heterocycles. The molecule has 0 aliphatic carbocycles. The Morgan fingerprint density at radius 1 is 1.07 bits per heavy atom. The molecule has 0 fully saturated rings. The van der Waals surface area contributed by atoms with E-state index in [4.69, 9.17) is 9.29 Å². The van der Waals surface area contributed by atoms with E-state index in [1.807, 2.05) is 13.0 Å². The Morgan fingerprint density at radius 3 is 2.46 bits per heavy atom. The van der Waals surface area contributed by atoms with Gasteiger partial charge in [-0.05, 0) is 49.2 Å². The van der Waals surface area contributed by atoms with Gasteiger partial charge in [0, 0.05) is 6.54 Å². The molecule has 1 aliphatic heterocycles. The summed E-state index contributed by atoms with van der Waals surface area (Å²) in [6.45, 7) is 1.70. The largest absolute Gasteiger partial charge is 0.423 e. The summed E-state index contributed by atoms with van der Waals surface area (Å²) in [6, 6.07) is 11.0. The van der Waals surface area contributed by atoms with Crippen LogP contribution in [0.15, 0.2) is 42.5 Å². The number of rotatable bonds is 6. The van der Waals surface area contributed by atoms with Gasteiger partial charge in [0.05, 0.1) is 22.4 Å². The summed E-state index contributed by atoms with van der Waals surface area (Å²) in [5, 5.41) is 0. The van der Waals surface area contributed by atoms with Crippen molar-refractivity contribution in [2.24, 2.45) is 0 Å². The Hall–Kier alpha value is -3.04. The predicted octanol–water partition coefficient (Wildman–Crippen LogP) is 2.09. The maximum Gasteiger partial charge on any atom is 0.343 e. The van der Waals surface area contributed by atoms with E-state index in [0.717, 1.165) is 10.5 Å². The minimum Gasteiger partial charge on any atom is -0.423 e. The molecule has 28 heavy (non-hydrogen) atoms. The van der Waals surface area contributed by atoms with Gasteiger partial charge < -0.3 is 4.74 Å². The molecule has 0 unspecified atom stereocenters. The molecular formula is C19H17NO7S. The van der Waals surface area contributed by atoms with Crippen LogP contribution in [-0.4, -0.2) is 48.0 Å². The highest BCUT2D eigenvalue weighted by molar-refractivity contribution is 7.85. The highest BCUT2D eigenvalue weighted by atomic mass is 32.2. The third-order valence-electron chi connectivity index (χ3n) is 4.19. The quantitative estimate of drug-likeness (QED) is 0.339. The fourth-order valence-corrected chi connectivity index (χ4v) is 3.36. The summed E-state index contributed by atoms with van der Waals surface area (Å²) >= 11 is 0. The Morgan fingerprint density at radius 2 is 1.79 bits per heavy atom. The zero-order valence-corrected chi connectivity index (χ0v) is 15.7. The lowest BCUT2D eigenvalue weighted by Gasteiger charge is -2.12. The predicted molar refractivity (Wildman–Crippen MR) is 99.0 cm³/mol. The van der Waals surface area contributed by atoms with Crippen LogP contribution < -0.4 is 4.74 Å². The molecule has 1 aliphatic rings. The van der Waals surface area contributed by atoms with Gasteiger partial charge >= 0.3 is 5.97 Å². The topological polar surface area (TPSA) is 118 Å². The van der Waals surface area contributed by atoms with Gasteiger partial charge in [-0.25, -0.2) is 4.79 Å². The second kappa shape index (κ2) is 7.53. The van der Waals surface area contributed by atoms with Gasteiger partial charge in [0.25, 0.3) is 21.9 Å². The number of hydrogen-bond donors (Lipinski definition) is 1. The summed E-state index contributed by atoms with van der Waals surface area (Å²) in [6.07, 6.45) is -0.0907. The van der Waals surface area contributed by atoms with Gasteiger partial charge in [0.1, 0.15) is 5.75 Å². The number of amides is 2. The standard InChI is InChI=1S/C19H17NO7S/c1-12-4-2-5-14(10-12)27-19(23)13-6-7-15-16(11-13)18(22)20(17(15)21)8-3-9-28(24,25)26/h2,4-7,10-11H,3,8-9H2,1H3,(H,24,25,26). The summed E-state index contributed by atoms with van der Waals surface area (Å²) < 4.78 is 35.6. The SMILES string of the molecule is Cc1cccc(OC(=O)c2ccc3c(c2)C(=O)N(CCCS(=O)(=O)O)C3=O)c1. The van der Waals surface area contributed by atoms with E-state index in [1.165, 1.54) is 18.2 Å². The Bertz CT molecular complexity index is 1080. The first-order valence-corrected chi connectivity index (χ1v) is 10.0. The third-order valence-corrected chi connectivity index (χ3v) is 5.00. The van der Waals surface area contributed by atoms with Crippen molar-refractivity contribution < 1.29 is 32.1 Å². The van der Waals surface area contributed by atoms with Gasteiger partial charge in [-0.15, -0.1) is 0 Å². The van der Waals surface area contributed by atoms with Crippen LogP contribution in [0.1, 0.15) is 43.1 Å². The molecule has 3 rings (SSSR count). The Balaban J connectivity index is 1.76. The van der Waals surface area contributed by atoms with Crippen LogP contribution in [0.2, 0.25) is 0 Å². The number of imide groups is 1. The number of fused-ring (bicyclic) bond motifs is 1. The molecule has 2 amide bonds. The van der Waals surface area contributed by atoms with Gasteiger partial charge in [-0.1, -0.05) is 12.1 Å². The van der Waals surface area contributed by atoms with Gasteiger partial charge in [-0.2, -0.15) is 8.42 Å². The van der Waals surface area contributed by atoms with Gasteiger partial charge in [-0.3, -0.25) is 19.0 Å². The van der Waals surface area contributed by atoms with Crippen molar-refractivity contribution in [1.82, 2.24) is 4.90 Å². The number of esters is 1. The van der Waals surface area contributed by atoms with E-state index >= 15 is 0 Å². The minimum absolute atomic E-state index is 0.0514. The number of hydrogen-bond acceptors (Lipinski definition) is 6. The van der Waals surface area contributed by atoms with Crippen molar-refractivity contribution in [1.29, 1.82) is 0 Å². The molecule has 1 heterocycles. The van der Waals surface area contributed by atoms with Crippen molar-refractivity contribution in [3.05, 3.63) is 64.7 Å². The lowest BCUT2D eigenvalue weighted by molar-refractivity contribution is 0.0653. The van der Waals surface area contributed by atoms with Gasteiger partial charge in [0.2, 0.25) is 0 Å². The number of aryl methyl sites for hydroxylation is 1. The van der Waals surface area contributed by atoms with E-state index in [2.05, 4.69) is 0 Å². The van der Waals surface area contributed by atoms with Gasteiger partial charge in [0.15, 0.2) is 0 Å². The molecule has 0 spiro atoms. The molecule has 8 nitrogen and oxygen atoms in total. The molecular weight excluding hydrogens is 386 g/mol. The first-order valence-electron chi connectivity index (χ1n) is 8.40. The number of carbonyl (C=O) groups is 3. The number of nitrogens with zero attached hydrogens (tertiary/aromatic N) is 1. The van der Waals surface area contributed by atoms with Crippen LogP contribution >= 0.6 is 0 Å². The Labute approximate surface area is 161 Å². The Kier molecular flexibility index (Phi) is 5.30. The summed E-state index contributed by atoms with van der Waals surface area (Å²) in [7, 11) is -4.18. The third kappa shape index (κ3) is 4.26. The highest BCUT2D eigenvalue weighted by Gasteiger charge is 2.36. The van der Waals surface area contributed by atoms with Crippen LogP contribution in [-0.2, 0) is 10.1 Å². The number of ether oxygens (including phenoxy) is 1. The number of carbonyl (C=O) groups excluding carboxylic acids is 3. The smallest absolute Gasteiger partial charge is 0.343 e. The summed E-state index contributed by atoms with van der Waals surface area (Å²) in [5.74, 6) is -2.07. The minimum atomic E-state index is -4.18. The molecule has 1 N–H and O–H groups in total. The van der Waals surface area contributed by atoms with E-state index < -0.39 is 33.7 Å². The molecule has 2 aromatic carbocycles. The van der Waals surface area contributed by atoms with E-state index in [1.54, 1.807) is 18.2 Å². The molecule has 0 atom stereocenters. The second-order valence-corrected chi connectivity index (χ2v) is 7.94. The highest BCUT2D eigenvalue weighted by Crippen LogP contribution is 2.25. The van der Waals surface area contributed by atoms with Crippen LogP contribution in [0.25, 0.3) is 0 Å². The molecule has 146 valence electrons. The average molecular weight is 403 g/mol. The monoisotopic (exact) mass is 403 g/mol.